The summed E-state index contributed by atoms with van der Waals surface area (Å²) in [5.74, 6) is 1.18. The zero-order chi connectivity index (χ0) is 7.98. The first kappa shape index (κ1) is 9.96. The molecule has 1 atom stereocenters. The van der Waals surface area contributed by atoms with E-state index in [9.17, 15) is 5.11 Å². The molecule has 0 heterocycles. The van der Waals surface area contributed by atoms with Gasteiger partial charge >= 0.3 is 0 Å². The Labute approximate surface area is 64.5 Å². The minimum atomic E-state index is 0.0953. The van der Waals surface area contributed by atoms with E-state index in [0.29, 0.717) is 5.92 Å². The second-order valence-electron chi connectivity index (χ2n) is 3.60. The summed E-state index contributed by atoms with van der Waals surface area (Å²) in [5.41, 5.74) is 0. The minimum Gasteiger partial charge on any atom is -0.236 e. The molecular formula is C9H19O. The van der Waals surface area contributed by atoms with Gasteiger partial charge in [0.15, 0.2) is 0 Å². The van der Waals surface area contributed by atoms with Crippen LogP contribution in [-0.4, -0.2) is 6.61 Å². The highest BCUT2D eigenvalue weighted by Crippen LogP contribution is 2.11. The van der Waals surface area contributed by atoms with Gasteiger partial charge in [0.25, 0.3) is 0 Å². The largest absolute Gasteiger partial charge is 0.236 e. The van der Waals surface area contributed by atoms with Gasteiger partial charge in [-0.2, -0.15) is 0 Å². The second kappa shape index (κ2) is 5.72. The van der Waals surface area contributed by atoms with Gasteiger partial charge in [-0.1, -0.05) is 33.6 Å². The van der Waals surface area contributed by atoms with Gasteiger partial charge in [-0.05, 0) is 18.3 Å². The van der Waals surface area contributed by atoms with Crippen molar-refractivity contribution in [2.75, 3.05) is 6.61 Å². The highest BCUT2D eigenvalue weighted by atomic mass is 16.3. The summed E-state index contributed by atoms with van der Waals surface area (Å²) in [6.45, 7) is 6.58. The Morgan fingerprint density at radius 2 is 1.70 bits per heavy atom. The minimum absolute atomic E-state index is 0.0953. The molecule has 0 aromatic rings. The lowest BCUT2D eigenvalue weighted by Crippen LogP contribution is -1.99. The Bertz CT molecular complexity index is 69.1. The molecule has 0 aromatic heterocycles. The van der Waals surface area contributed by atoms with Crippen molar-refractivity contribution in [2.45, 2.75) is 40.0 Å². The number of hydrogen-bond donors (Lipinski definition) is 0. The highest BCUT2D eigenvalue weighted by Gasteiger charge is 2.00. The molecule has 0 saturated heterocycles. The van der Waals surface area contributed by atoms with Crippen molar-refractivity contribution in [3.8, 4) is 0 Å². The molecule has 1 radical (unpaired) electrons. The summed E-state index contributed by atoms with van der Waals surface area (Å²) in [5, 5.41) is 10.3. The zero-order valence-corrected chi connectivity index (χ0v) is 7.39. The fourth-order valence-corrected chi connectivity index (χ4v) is 0.958. The van der Waals surface area contributed by atoms with E-state index in [1.54, 1.807) is 0 Å². The molecule has 61 valence electrons. The first-order chi connectivity index (χ1) is 4.66. The predicted molar refractivity (Wildman–Crippen MR) is 43.4 cm³/mol. The van der Waals surface area contributed by atoms with E-state index >= 15 is 0 Å². The van der Waals surface area contributed by atoms with Crippen molar-refractivity contribution in [2.24, 2.45) is 11.8 Å². The maximum Gasteiger partial charge on any atom is 0.0847 e. The summed E-state index contributed by atoms with van der Waals surface area (Å²) in [4.78, 5) is 0. The normalized spacial score (nSPS) is 14.1. The lowest BCUT2D eigenvalue weighted by Gasteiger charge is -2.07. The van der Waals surface area contributed by atoms with E-state index < -0.39 is 0 Å². The maximum atomic E-state index is 10.3. The van der Waals surface area contributed by atoms with Gasteiger partial charge in [0.2, 0.25) is 0 Å². The fourth-order valence-electron chi connectivity index (χ4n) is 0.958. The molecule has 0 bridgehead atoms. The van der Waals surface area contributed by atoms with Gasteiger partial charge in [0.1, 0.15) is 0 Å². The topological polar surface area (TPSA) is 19.9 Å². The molecule has 1 nitrogen and oxygen atoms in total. The third kappa shape index (κ3) is 6.09. The average molecular weight is 143 g/mol. The van der Waals surface area contributed by atoms with Crippen LogP contribution in [0.5, 0.6) is 0 Å². The quantitative estimate of drug-likeness (QED) is 0.564. The van der Waals surface area contributed by atoms with Crippen LogP contribution in [0.2, 0.25) is 0 Å². The molecule has 1 heteroatoms. The molecule has 0 aliphatic carbocycles. The summed E-state index contributed by atoms with van der Waals surface area (Å²) >= 11 is 0. The molecule has 0 aliphatic heterocycles. The second-order valence-corrected chi connectivity index (χ2v) is 3.60. The third-order valence-electron chi connectivity index (χ3n) is 1.76. The zero-order valence-electron chi connectivity index (χ0n) is 7.39. The van der Waals surface area contributed by atoms with Crippen molar-refractivity contribution < 1.29 is 5.11 Å². The average Bonchev–Trinajstić information content (AvgIpc) is 1.87. The van der Waals surface area contributed by atoms with Crippen LogP contribution in [0.15, 0.2) is 0 Å². The van der Waals surface area contributed by atoms with Crippen molar-refractivity contribution in [3.05, 3.63) is 0 Å². The Balaban J connectivity index is 3.03. The molecule has 0 amide bonds. The summed E-state index contributed by atoms with van der Waals surface area (Å²) < 4.78 is 0. The lowest BCUT2D eigenvalue weighted by atomic mass is 10.0. The lowest BCUT2D eigenvalue weighted by molar-refractivity contribution is 0.144. The molecule has 0 fully saturated rings. The molecule has 0 N–H and O–H groups in total. The highest BCUT2D eigenvalue weighted by molar-refractivity contribution is 4.52. The van der Waals surface area contributed by atoms with Gasteiger partial charge in [-0.25, -0.2) is 5.11 Å². The number of rotatable bonds is 5. The van der Waals surface area contributed by atoms with Crippen molar-refractivity contribution >= 4 is 0 Å². The van der Waals surface area contributed by atoms with Gasteiger partial charge in [-0.3, -0.25) is 0 Å². The molecule has 0 aliphatic rings. The van der Waals surface area contributed by atoms with Gasteiger partial charge < -0.3 is 0 Å². The summed E-state index contributed by atoms with van der Waals surface area (Å²) in [6.07, 6.45) is 3.60. The Morgan fingerprint density at radius 1 is 1.10 bits per heavy atom. The standard InChI is InChI=1S/C9H19O/c1-8(2)5-4-6-9(3)7-10/h8-9H,4-7H2,1-3H3. The van der Waals surface area contributed by atoms with E-state index in [0.717, 1.165) is 12.3 Å². The molecule has 1 unspecified atom stereocenters. The molecular weight excluding hydrogens is 124 g/mol. The monoisotopic (exact) mass is 143 g/mol. The molecule has 10 heavy (non-hydrogen) atoms. The van der Waals surface area contributed by atoms with E-state index in [4.69, 9.17) is 0 Å². The summed E-state index contributed by atoms with van der Waals surface area (Å²) in [6, 6.07) is 0. The number of hydrogen-bond acceptors (Lipinski definition) is 0. The van der Waals surface area contributed by atoms with Crippen LogP contribution in [0.25, 0.3) is 0 Å². The van der Waals surface area contributed by atoms with E-state index in [1.807, 2.05) is 6.92 Å². The Kier molecular flexibility index (Phi) is 5.70. The van der Waals surface area contributed by atoms with Crippen LogP contribution >= 0.6 is 0 Å². The molecule has 0 aromatic carbocycles. The Morgan fingerprint density at radius 3 is 2.10 bits per heavy atom. The summed E-state index contributed by atoms with van der Waals surface area (Å²) in [7, 11) is 0. The van der Waals surface area contributed by atoms with Crippen LogP contribution in [0.4, 0.5) is 0 Å². The van der Waals surface area contributed by atoms with Crippen molar-refractivity contribution in [1.82, 2.24) is 0 Å². The van der Waals surface area contributed by atoms with Gasteiger partial charge in [-0.15, -0.1) is 0 Å². The van der Waals surface area contributed by atoms with Gasteiger partial charge in [0.05, 0.1) is 6.61 Å². The van der Waals surface area contributed by atoms with Crippen molar-refractivity contribution in [3.63, 3.8) is 0 Å². The van der Waals surface area contributed by atoms with Crippen LogP contribution in [0, 0.1) is 11.8 Å². The van der Waals surface area contributed by atoms with Crippen molar-refractivity contribution in [1.29, 1.82) is 0 Å². The maximum absolute atomic E-state index is 10.3. The van der Waals surface area contributed by atoms with E-state index in [2.05, 4.69) is 13.8 Å². The van der Waals surface area contributed by atoms with Crippen LogP contribution in [0.1, 0.15) is 40.0 Å². The fraction of sp³-hybridized carbons (Fsp3) is 1.00. The van der Waals surface area contributed by atoms with E-state index in [1.165, 1.54) is 12.8 Å². The Hall–Kier alpha value is -0.0400. The smallest absolute Gasteiger partial charge is 0.0847 e. The third-order valence-corrected chi connectivity index (χ3v) is 1.76. The molecule has 0 spiro atoms. The molecule has 0 rings (SSSR count). The molecule has 0 saturated carbocycles. The SMILES string of the molecule is CC(C)CCCC(C)C[O]. The predicted octanol–water partition coefficient (Wildman–Crippen LogP) is 2.88. The van der Waals surface area contributed by atoms with Crippen LogP contribution in [-0.2, 0) is 5.11 Å². The first-order valence-electron chi connectivity index (χ1n) is 4.25. The van der Waals surface area contributed by atoms with Gasteiger partial charge in [0, 0.05) is 0 Å². The van der Waals surface area contributed by atoms with Crippen LogP contribution in [0.3, 0.4) is 0 Å². The first-order valence-corrected chi connectivity index (χ1v) is 4.25. The van der Waals surface area contributed by atoms with E-state index in [-0.39, 0.29) is 6.61 Å². The van der Waals surface area contributed by atoms with Crippen LogP contribution < -0.4 is 0 Å².